The first-order valence-corrected chi connectivity index (χ1v) is 18.4. The zero-order valence-corrected chi connectivity index (χ0v) is 30.1. The van der Waals surface area contributed by atoms with Gasteiger partial charge in [0.25, 0.3) is 0 Å². The summed E-state index contributed by atoms with van der Waals surface area (Å²) in [5.74, 6) is -2.86. The predicted octanol–water partition coefficient (Wildman–Crippen LogP) is 3.38. The van der Waals surface area contributed by atoms with Crippen LogP contribution in [0.1, 0.15) is 96.8 Å². The average Bonchev–Trinajstić information content (AvgIpc) is 2.97. The van der Waals surface area contributed by atoms with E-state index in [1.807, 2.05) is 9.80 Å². The number of β-amino-alcohol motifs (C(OH)–C–C–N with tert-alkyl or cyclic N) is 1. The number of carboxylic acid groups (broad SMARTS) is 3. The number of carboxylic acids is 3. The van der Waals surface area contributed by atoms with Crippen LogP contribution in [-0.2, 0) is 14.4 Å². The van der Waals surface area contributed by atoms with Crippen LogP contribution in [0.4, 0.5) is 0 Å². The summed E-state index contributed by atoms with van der Waals surface area (Å²) >= 11 is 0. The first-order valence-electron chi connectivity index (χ1n) is 18.4. The maximum absolute atomic E-state index is 11.5. The Morgan fingerprint density at radius 2 is 0.830 bits per heavy atom. The molecular weight excluding hydrogens is 602 g/mol. The molecule has 1 saturated heterocycles. The van der Waals surface area contributed by atoms with Crippen LogP contribution in [0.25, 0.3) is 0 Å². The molecule has 1 atom stereocenters. The van der Waals surface area contributed by atoms with Gasteiger partial charge in [0.1, 0.15) is 12.6 Å². The molecule has 1 rings (SSSR count). The highest BCUT2D eigenvalue weighted by Crippen LogP contribution is 2.14. The fourth-order valence-corrected chi connectivity index (χ4v) is 6.56. The molecule has 0 amide bonds. The highest BCUT2D eigenvalue weighted by Gasteiger charge is 2.24. The second-order valence-electron chi connectivity index (χ2n) is 14.4. The molecule has 1 heterocycles. The average molecular weight is 673 g/mol. The van der Waals surface area contributed by atoms with E-state index in [0.717, 1.165) is 17.4 Å². The fourth-order valence-electron chi connectivity index (χ4n) is 6.56. The minimum Gasteiger partial charge on any atom is -0.480 e. The minimum absolute atomic E-state index is 0.147. The highest BCUT2D eigenvalue weighted by molar-refractivity contribution is 5.69. The van der Waals surface area contributed by atoms with Gasteiger partial charge >= 0.3 is 17.9 Å². The summed E-state index contributed by atoms with van der Waals surface area (Å²) in [6.07, 6.45) is 18.0. The molecule has 12 nitrogen and oxygen atoms in total. The van der Waals surface area contributed by atoms with Crippen molar-refractivity contribution in [1.29, 1.82) is 0 Å². The molecule has 276 valence electrons. The van der Waals surface area contributed by atoms with Crippen molar-refractivity contribution >= 4 is 17.9 Å². The number of quaternary nitrogens is 1. The molecular formula is C35H70N5O7+. The van der Waals surface area contributed by atoms with E-state index in [1.165, 1.54) is 83.5 Å². The van der Waals surface area contributed by atoms with Crippen LogP contribution in [0.5, 0.6) is 0 Å². The van der Waals surface area contributed by atoms with Gasteiger partial charge < -0.3 is 24.9 Å². The molecule has 12 heteroatoms. The van der Waals surface area contributed by atoms with Gasteiger partial charge in [-0.25, -0.2) is 0 Å². The SMILES string of the molecule is CCCCCCCCCCCCCCCC[N+](C)(C)CC(O)CN1CCN(CC(=O)O)CCN(CC(=O)O)CCN(CC(=O)O)CC1. The Balaban J connectivity index is 2.52. The van der Waals surface area contributed by atoms with E-state index in [1.54, 1.807) is 4.90 Å². The number of nitrogens with zero attached hydrogens (tertiary/aromatic N) is 5. The number of unbranched alkanes of at least 4 members (excludes halogenated alkanes) is 13. The van der Waals surface area contributed by atoms with Crippen molar-refractivity contribution in [2.75, 3.05) is 106 Å². The fraction of sp³-hybridized carbons (Fsp3) is 0.914. The quantitative estimate of drug-likeness (QED) is 0.0837. The summed E-state index contributed by atoms with van der Waals surface area (Å²) in [5.41, 5.74) is 0. The first-order chi connectivity index (χ1) is 22.4. The minimum atomic E-state index is -0.975. The van der Waals surface area contributed by atoms with Gasteiger partial charge in [0.15, 0.2) is 0 Å². The molecule has 0 bridgehead atoms. The van der Waals surface area contributed by atoms with Crippen molar-refractivity contribution < 1.29 is 39.3 Å². The topological polar surface area (TPSA) is 145 Å². The summed E-state index contributed by atoms with van der Waals surface area (Å²) in [5, 5.41) is 39.4. The lowest BCUT2D eigenvalue weighted by Crippen LogP contribution is -2.52. The number of rotatable bonds is 25. The normalized spacial score (nSPS) is 17.6. The van der Waals surface area contributed by atoms with Gasteiger partial charge in [-0.2, -0.15) is 0 Å². The largest absolute Gasteiger partial charge is 0.480 e. The molecule has 0 spiro atoms. The van der Waals surface area contributed by atoms with E-state index >= 15 is 0 Å². The molecule has 0 aromatic carbocycles. The maximum Gasteiger partial charge on any atom is 0.317 e. The first kappa shape index (κ1) is 43.2. The van der Waals surface area contributed by atoms with Crippen LogP contribution in [0.2, 0.25) is 0 Å². The van der Waals surface area contributed by atoms with E-state index < -0.39 is 24.0 Å². The predicted molar refractivity (Wildman–Crippen MR) is 187 cm³/mol. The zero-order valence-electron chi connectivity index (χ0n) is 30.1. The third-order valence-corrected chi connectivity index (χ3v) is 9.30. The van der Waals surface area contributed by atoms with Crippen LogP contribution >= 0.6 is 0 Å². The van der Waals surface area contributed by atoms with Gasteiger partial charge in [0.05, 0.1) is 40.3 Å². The van der Waals surface area contributed by atoms with Crippen molar-refractivity contribution in [2.45, 2.75) is 103 Å². The molecule has 0 radical (unpaired) electrons. The van der Waals surface area contributed by atoms with Crippen LogP contribution in [0.15, 0.2) is 0 Å². The van der Waals surface area contributed by atoms with Crippen molar-refractivity contribution in [3.8, 4) is 0 Å². The molecule has 0 aromatic heterocycles. The number of aliphatic hydroxyl groups is 1. The Labute approximate surface area is 285 Å². The lowest BCUT2D eigenvalue weighted by molar-refractivity contribution is -0.893. The monoisotopic (exact) mass is 673 g/mol. The summed E-state index contributed by atoms with van der Waals surface area (Å²) in [7, 11) is 4.32. The zero-order chi connectivity index (χ0) is 34.9. The van der Waals surface area contributed by atoms with Gasteiger partial charge in [0.2, 0.25) is 0 Å². The van der Waals surface area contributed by atoms with Gasteiger partial charge in [-0.1, -0.05) is 84.0 Å². The second-order valence-corrected chi connectivity index (χ2v) is 14.4. The maximum atomic E-state index is 11.5. The summed E-state index contributed by atoms with van der Waals surface area (Å²) < 4.78 is 0.725. The highest BCUT2D eigenvalue weighted by atomic mass is 16.4. The molecule has 0 aliphatic carbocycles. The van der Waals surface area contributed by atoms with Crippen LogP contribution in [0, 0.1) is 0 Å². The van der Waals surface area contributed by atoms with Crippen molar-refractivity contribution in [3.05, 3.63) is 0 Å². The van der Waals surface area contributed by atoms with Crippen molar-refractivity contribution in [1.82, 2.24) is 19.6 Å². The number of carbonyl (C=O) groups is 3. The Morgan fingerprint density at radius 3 is 1.15 bits per heavy atom. The Hall–Kier alpha value is -1.83. The Kier molecular flexibility index (Phi) is 24.0. The van der Waals surface area contributed by atoms with Crippen LogP contribution in [0.3, 0.4) is 0 Å². The number of likely N-dealkylation sites (N-methyl/N-ethyl adjacent to an activating group) is 1. The number of aliphatic hydroxyl groups excluding tert-OH is 1. The molecule has 1 unspecified atom stereocenters. The molecule has 0 saturated carbocycles. The number of hydrogen-bond donors (Lipinski definition) is 4. The van der Waals surface area contributed by atoms with E-state index in [4.69, 9.17) is 0 Å². The van der Waals surface area contributed by atoms with Crippen LogP contribution in [-0.4, -0.2) is 174 Å². The summed E-state index contributed by atoms with van der Waals surface area (Å²) in [4.78, 5) is 41.9. The van der Waals surface area contributed by atoms with E-state index in [-0.39, 0.29) is 19.6 Å². The Bertz CT molecular complexity index is 815. The standard InChI is InChI=1S/C35H69N5O7/c1-4-5-6-7-8-9-10-11-12-13-14-15-16-17-26-40(2,3)31-32(41)27-36-18-20-37(28-33(42)43)22-24-39(30-35(46)47)25-23-38(21-19-36)29-34(44)45/h32,41H,4-31H2,1-3H3,(H2-,42,43,44,45,46,47)/p+1. The Morgan fingerprint density at radius 1 is 0.532 bits per heavy atom. The molecule has 1 aliphatic rings. The third kappa shape index (κ3) is 24.9. The summed E-state index contributed by atoms with van der Waals surface area (Å²) in [6, 6.07) is 0. The van der Waals surface area contributed by atoms with Gasteiger partial charge in [-0.3, -0.25) is 34.0 Å². The third-order valence-electron chi connectivity index (χ3n) is 9.30. The van der Waals surface area contributed by atoms with Crippen molar-refractivity contribution in [3.63, 3.8) is 0 Å². The molecule has 47 heavy (non-hydrogen) atoms. The molecule has 1 aliphatic heterocycles. The second kappa shape index (κ2) is 26.1. The van der Waals surface area contributed by atoms with Gasteiger partial charge in [0, 0.05) is 58.9 Å². The van der Waals surface area contributed by atoms with Crippen LogP contribution < -0.4 is 0 Å². The van der Waals surface area contributed by atoms with Gasteiger partial charge in [-0.05, 0) is 12.8 Å². The number of hydrogen-bond acceptors (Lipinski definition) is 8. The lowest BCUT2D eigenvalue weighted by Gasteiger charge is -2.36. The molecule has 0 aromatic rings. The number of aliphatic carboxylic acids is 3. The van der Waals surface area contributed by atoms with Gasteiger partial charge in [-0.15, -0.1) is 0 Å². The molecule has 1 fully saturated rings. The smallest absolute Gasteiger partial charge is 0.317 e. The molecule has 4 N–H and O–H groups in total. The van der Waals surface area contributed by atoms with E-state index in [2.05, 4.69) is 25.9 Å². The lowest BCUT2D eigenvalue weighted by atomic mass is 10.0. The van der Waals surface area contributed by atoms with Crippen molar-refractivity contribution in [2.24, 2.45) is 0 Å². The van der Waals surface area contributed by atoms with E-state index in [0.29, 0.717) is 65.4 Å². The summed E-state index contributed by atoms with van der Waals surface area (Å²) in [6.45, 7) is 7.29. The van der Waals surface area contributed by atoms with E-state index in [9.17, 15) is 34.8 Å².